The van der Waals surface area contributed by atoms with Crippen LogP contribution in [0.2, 0.25) is 0 Å². The van der Waals surface area contributed by atoms with E-state index in [1.54, 1.807) is 30.7 Å². The molecule has 8 aromatic rings. The fourth-order valence-corrected chi connectivity index (χ4v) is 10.4. The maximum atomic E-state index is 11.8. The second-order valence-corrected chi connectivity index (χ2v) is 33.2. The number of aromatic nitrogens is 10. The van der Waals surface area contributed by atoms with Crippen molar-refractivity contribution in [3.05, 3.63) is 202 Å². The summed E-state index contributed by atoms with van der Waals surface area (Å²) in [6.07, 6.45) is 20.0. The molecule has 1 aliphatic rings. The van der Waals surface area contributed by atoms with Crippen LogP contribution >= 0.6 is 0 Å². The molecule has 0 aliphatic carbocycles. The number of aliphatic hydroxyl groups excluding tert-OH is 1. The van der Waals surface area contributed by atoms with E-state index >= 15 is 0 Å². The number of esters is 1. The molecule has 9 heterocycles. The number of ether oxygens (including phenoxy) is 1. The average molecular weight is 1600 g/mol. The average Bonchev–Trinajstić information content (AvgIpc) is 1.70. The monoisotopic (exact) mass is 1600 g/mol. The number of carboxylic acid groups (broad SMARTS) is 1. The van der Waals surface area contributed by atoms with Crippen LogP contribution in [0.3, 0.4) is 0 Å². The number of hydrogen-bond acceptors (Lipinski definition) is 14. The first kappa shape index (κ1) is 89.8. The minimum Gasteiger partial charge on any atom is -0.573 e. The molecule has 0 fully saturated rings. The van der Waals surface area contributed by atoms with Crippen molar-refractivity contribution in [2.24, 2.45) is 51.3 Å². The smallest absolute Gasteiger partial charge is 0.573 e. The summed E-state index contributed by atoms with van der Waals surface area (Å²) in [6.45, 7) is 51.8. The Bertz CT molecular complexity index is 3910. The third-order valence-corrected chi connectivity index (χ3v) is 15.7. The van der Waals surface area contributed by atoms with Crippen molar-refractivity contribution in [1.82, 2.24) is 50.3 Å². The Kier molecular flexibility index (Phi) is 36.2. The van der Waals surface area contributed by atoms with Gasteiger partial charge in [0.1, 0.15) is 22.8 Å². The van der Waals surface area contributed by atoms with E-state index in [0.29, 0.717) is 46.9 Å². The molecule has 0 spiro atoms. The number of aliphatic hydroxyl groups is 1. The number of carbonyl (C=O) groups excluding carboxylic acids is 2. The molecule has 0 saturated carbocycles. The van der Waals surface area contributed by atoms with Gasteiger partial charge in [0.2, 0.25) is 0 Å². The second-order valence-electron chi connectivity index (χ2n) is 33.2. The van der Waals surface area contributed by atoms with Crippen molar-refractivity contribution < 1.29 is 50.4 Å². The summed E-state index contributed by atoms with van der Waals surface area (Å²) < 4.78 is 4.59. The van der Waals surface area contributed by atoms with Crippen molar-refractivity contribution in [3.63, 3.8) is 0 Å². The van der Waals surface area contributed by atoms with Gasteiger partial charge >= 0.3 is 33.0 Å². The first-order valence-corrected chi connectivity index (χ1v) is 36.3. The van der Waals surface area contributed by atoms with E-state index in [2.05, 4.69) is 248 Å². The molecule has 104 heavy (non-hydrogen) atoms. The summed E-state index contributed by atoms with van der Waals surface area (Å²) in [5.41, 5.74) is 17.0. The molecular formula is C86H119N11O6Pt. The number of pyridine rings is 6. The summed E-state index contributed by atoms with van der Waals surface area (Å²) in [6, 6.07) is 27.8. The zero-order valence-corrected chi connectivity index (χ0v) is 69.2. The quantitative estimate of drug-likeness (QED) is 0.0434. The van der Waals surface area contributed by atoms with Gasteiger partial charge in [-0.05, 0) is 186 Å². The Hall–Kier alpha value is -8.43. The van der Waals surface area contributed by atoms with Crippen LogP contribution in [0.25, 0.3) is 34.1 Å². The number of hydrogen-bond donors (Lipinski definition) is 2. The fraction of sp³-hybridized carbons (Fsp3) is 0.488. The van der Waals surface area contributed by atoms with Crippen LogP contribution in [0, 0.1) is 46.3 Å². The van der Waals surface area contributed by atoms with E-state index in [9.17, 15) is 19.5 Å². The number of rotatable bonds is 19. The maximum Gasteiger partial charge on any atom is 2.00 e. The number of ketones is 1. The van der Waals surface area contributed by atoms with Gasteiger partial charge in [0, 0.05) is 99.0 Å². The SMILES string of the molecule is CC(C)Cc1ccnc(-c2cc(C(C)(C)C)n[n-]2)c1.CC(C)Cc1ccnc(-c2cc(C(C)(C)C)n[n-]2)c1.CC(C)Cc1ccnc(C(=O)O)c1.CC(C)Cc1ccnc(C(O)=CC(=O)C(C)(C)C)c1.CC(C)Cc1ccnc(C2=CC(C(C)(C)C)=NC2)c1.COC(=O)c1cc(CC(C)C)ccn1.[Pt+2]. The Morgan fingerprint density at radius 1 is 0.442 bits per heavy atom. The summed E-state index contributed by atoms with van der Waals surface area (Å²) in [5, 5.41) is 35.7. The Morgan fingerprint density at radius 3 is 1.08 bits per heavy atom. The van der Waals surface area contributed by atoms with Gasteiger partial charge in [-0.3, -0.25) is 29.7 Å². The Balaban J connectivity index is 0.000000325. The van der Waals surface area contributed by atoms with Crippen LogP contribution in [0.1, 0.15) is 243 Å². The number of aromatic carboxylic acids is 1. The van der Waals surface area contributed by atoms with E-state index in [1.807, 2.05) is 75.8 Å². The van der Waals surface area contributed by atoms with Gasteiger partial charge < -0.3 is 35.3 Å². The van der Waals surface area contributed by atoms with Crippen LogP contribution in [-0.4, -0.2) is 87.4 Å². The maximum absolute atomic E-state index is 11.8. The Labute approximate surface area is 636 Å². The molecule has 0 unspecified atom stereocenters. The van der Waals surface area contributed by atoms with Crippen LogP contribution in [-0.2, 0) is 80.0 Å². The van der Waals surface area contributed by atoms with Gasteiger partial charge in [-0.25, -0.2) is 19.6 Å². The predicted molar refractivity (Wildman–Crippen MR) is 420 cm³/mol. The van der Waals surface area contributed by atoms with E-state index < -0.39 is 11.4 Å². The minimum absolute atomic E-state index is 0. The first-order chi connectivity index (χ1) is 48.0. The molecule has 0 bridgehead atoms. The molecule has 18 heteroatoms. The van der Waals surface area contributed by atoms with E-state index in [4.69, 9.17) is 5.11 Å². The standard InChI is InChI=1S/C17H24N2.2C16H22N3.C16H23NO2.C11H15NO2.C10H13NO2.Pt/c1-12(2)8-13-6-7-18-15(9-13)14-10-16(19-11-14)17(3,4)5;2*1-11(2)8-12-6-7-17-13(9-12)14-10-15(19-18-14)16(3,4)5;1-11(2)8-12-6-7-17-13(9-12)14(18)10-15(19)16(3,4)5;1-8(2)6-9-4-5-12-10(7-9)11(13)14-3;1-7(2)5-8-3-4-11-9(6-8)10(12)13;/h6-7,9-10,12H,8,11H2,1-5H3;2*6-7,9-11H,8H2,1-5H3;6-7,9-11,18H,8H2,1-5H3;4-5,7-8H,6H2,1-3H3;3-4,6-7H,5H2,1-2H3,(H,12,13);/q;2*-1;;;;+2. The molecule has 0 saturated heterocycles. The normalized spacial score (nSPS) is 12.3. The van der Waals surface area contributed by atoms with Crippen molar-refractivity contribution in [1.29, 1.82) is 0 Å². The number of nitrogens with zero attached hydrogens (tertiary/aromatic N) is 11. The molecule has 8 aromatic heterocycles. The van der Waals surface area contributed by atoms with E-state index in [1.165, 1.54) is 41.2 Å². The van der Waals surface area contributed by atoms with Gasteiger partial charge in [-0.2, -0.15) is 0 Å². The van der Waals surface area contributed by atoms with Gasteiger partial charge in [-0.15, -0.1) is 0 Å². The summed E-state index contributed by atoms with van der Waals surface area (Å²) in [7, 11) is 1.36. The van der Waals surface area contributed by atoms with Gasteiger partial charge in [0.25, 0.3) is 0 Å². The number of methoxy groups -OCH3 is 1. The van der Waals surface area contributed by atoms with Gasteiger partial charge in [-0.1, -0.05) is 190 Å². The molecule has 0 amide bonds. The van der Waals surface area contributed by atoms with Crippen molar-refractivity contribution in [2.45, 2.75) is 216 Å². The minimum atomic E-state index is -0.967. The number of aliphatic imine (C=N–C) groups is 1. The largest absolute Gasteiger partial charge is 2.00 e. The molecule has 0 aromatic carbocycles. The van der Waals surface area contributed by atoms with Crippen molar-refractivity contribution >= 4 is 34.8 Å². The number of carboxylic acids is 1. The van der Waals surface area contributed by atoms with Crippen LogP contribution < -0.4 is 10.2 Å². The fourth-order valence-electron chi connectivity index (χ4n) is 10.4. The third kappa shape index (κ3) is 32.7. The van der Waals surface area contributed by atoms with Crippen LogP contribution in [0.15, 0.2) is 139 Å². The van der Waals surface area contributed by atoms with Gasteiger partial charge in [0.15, 0.2) is 5.78 Å². The summed E-state index contributed by atoms with van der Waals surface area (Å²) in [4.78, 5) is 63.4. The van der Waals surface area contributed by atoms with Crippen molar-refractivity contribution in [3.8, 4) is 22.8 Å². The molecule has 0 atom stereocenters. The number of allylic oxidation sites excluding steroid dienone is 2. The zero-order valence-electron chi connectivity index (χ0n) is 66.9. The molecule has 2 N–H and O–H groups in total. The predicted octanol–water partition coefficient (Wildman–Crippen LogP) is 19.2. The molecular weight excluding hydrogens is 1480 g/mol. The summed E-state index contributed by atoms with van der Waals surface area (Å²) in [5.74, 6) is 2.09. The molecule has 564 valence electrons. The second kappa shape index (κ2) is 41.9. The Morgan fingerprint density at radius 2 is 0.760 bits per heavy atom. The van der Waals surface area contributed by atoms with E-state index in [0.717, 1.165) is 102 Å². The molecule has 9 rings (SSSR count). The topological polar surface area (TPSA) is 245 Å². The first-order valence-electron chi connectivity index (χ1n) is 36.3. The summed E-state index contributed by atoms with van der Waals surface area (Å²) >= 11 is 0. The molecule has 0 radical (unpaired) electrons. The molecule has 17 nitrogen and oxygen atoms in total. The van der Waals surface area contributed by atoms with Crippen LogP contribution in [0.5, 0.6) is 0 Å². The van der Waals surface area contributed by atoms with E-state index in [-0.39, 0.29) is 60.5 Å². The van der Waals surface area contributed by atoms with Gasteiger partial charge in [0.05, 0.1) is 19.3 Å². The van der Waals surface area contributed by atoms with Crippen LogP contribution in [0.4, 0.5) is 0 Å². The molecule has 1 aliphatic heterocycles. The third-order valence-electron chi connectivity index (χ3n) is 15.7. The number of carbonyl (C=O) groups is 3. The van der Waals surface area contributed by atoms with Crippen molar-refractivity contribution in [2.75, 3.05) is 13.7 Å². The zero-order chi connectivity index (χ0) is 77.2.